The van der Waals surface area contributed by atoms with Crippen molar-refractivity contribution in [3.8, 4) is 17.3 Å². The van der Waals surface area contributed by atoms with Gasteiger partial charge in [0.1, 0.15) is 17.5 Å². The zero-order valence-corrected chi connectivity index (χ0v) is 10.6. The van der Waals surface area contributed by atoms with Gasteiger partial charge >= 0.3 is 5.97 Å². The Balaban J connectivity index is 2.43. The fourth-order valence-electron chi connectivity index (χ4n) is 1.65. The average molecular weight is 271 g/mol. The lowest BCUT2D eigenvalue weighted by molar-refractivity contribution is -0.135. The molecular weight excluding hydrogens is 261 g/mol. The molecule has 0 spiro atoms. The van der Waals surface area contributed by atoms with Gasteiger partial charge < -0.3 is 4.74 Å². The van der Waals surface area contributed by atoms with Gasteiger partial charge in [0.2, 0.25) is 0 Å². The van der Waals surface area contributed by atoms with Gasteiger partial charge in [-0.1, -0.05) is 0 Å². The number of carbonyl (C=O) groups is 1. The summed E-state index contributed by atoms with van der Waals surface area (Å²) in [5, 5.41) is 15.5. The summed E-state index contributed by atoms with van der Waals surface area (Å²) < 4.78 is 17.4. The largest absolute Gasteiger partial charge is 0.465 e. The number of carbonyl (C=O) groups excluding carboxylic acids is 1. The van der Waals surface area contributed by atoms with Crippen molar-refractivity contribution in [2.24, 2.45) is 0 Å². The van der Waals surface area contributed by atoms with Crippen LogP contribution in [0.3, 0.4) is 0 Å². The molecule has 1 N–H and O–H groups in total. The zero-order valence-electron chi connectivity index (χ0n) is 10.6. The summed E-state index contributed by atoms with van der Waals surface area (Å²) in [6, 6.07) is 7.54. The van der Waals surface area contributed by atoms with Gasteiger partial charge in [-0.2, -0.15) is 10.4 Å². The number of aromatic nitrogens is 2. The molecule has 0 unspecified atom stereocenters. The molecule has 2 aromatic rings. The number of hydrogen-bond acceptors (Lipinski definition) is 4. The molecule has 0 aliphatic heterocycles. The van der Waals surface area contributed by atoms with Crippen LogP contribution in [0.2, 0.25) is 0 Å². The third-order valence-electron chi connectivity index (χ3n) is 2.63. The predicted molar refractivity (Wildman–Crippen MR) is 69.6 cm³/mol. The van der Waals surface area contributed by atoms with Crippen LogP contribution < -0.4 is 0 Å². The van der Waals surface area contributed by atoms with Crippen LogP contribution in [0, 0.1) is 17.1 Å². The van der Waals surface area contributed by atoms with E-state index in [9.17, 15) is 9.18 Å². The minimum Gasteiger partial charge on any atom is -0.465 e. The van der Waals surface area contributed by atoms with E-state index >= 15 is 0 Å². The Hall–Kier alpha value is -2.94. The van der Waals surface area contributed by atoms with Gasteiger partial charge in [-0.3, -0.25) is 5.10 Å². The van der Waals surface area contributed by atoms with Gasteiger partial charge in [0.25, 0.3) is 0 Å². The summed E-state index contributed by atoms with van der Waals surface area (Å²) in [6.07, 6.45) is 2.84. The second kappa shape index (κ2) is 5.80. The maximum atomic E-state index is 12.9. The van der Waals surface area contributed by atoms with Crippen molar-refractivity contribution in [2.45, 2.75) is 0 Å². The first-order valence-corrected chi connectivity index (χ1v) is 5.65. The van der Waals surface area contributed by atoms with E-state index < -0.39 is 5.97 Å². The minimum atomic E-state index is -0.723. The van der Waals surface area contributed by atoms with Crippen molar-refractivity contribution in [2.75, 3.05) is 7.11 Å². The molecule has 0 aliphatic rings. The molecule has 1 heterocycles. The SMILES string of the molecule is COC(=O)/C(C#N)=C\c1cn[nH]c1-c1ccc(F)cc1. The van der Waals surface area contributed by atoms with Gasteiger partial charge in [0.15, 0.2) is 0 Å². The van der Waals surface area contributed by atoms with E-state index in [1.807, 2.05) is 0 Å². The van der Waals surface area contributed by atoms with Crippen molar-refractivity contribution in [3.63, 3.8) is 0 Å². The number of nitrogens with zero attached hydrogens (tertiary/aromatic N) is 2. The lowest BCUT2D eigenvalue weighted by Crippen LogP contribution is -2.02. The maximum Gasteiger partial charge on any atom is 0.348 e. The number of halogens is 1. The normalized spacial score (nSPS) is 10.9. The fourth-order valence-corrected chi connectivity index (χ4v) is 1.65. The average Bonchev–Trinajstić information content (AvgIpc) is 2.93. The molecule has 0 radical (unpaired) electrons. The number of aromatic amines is 1. The van der Waals surface area contributed by atoms with E-state index in [-0.39, 0.29) is 11.4 Å². The van der Waals surface area contributed by atoms with Crippen LogP contribution in [0.25, 0.3) is 17.3 Å². The standard InChI is InChI=1S/C14H10FN3O2/c1-20-14(19)10(7-16)6-11-8-17-18-13(11)9-2-4-12(15)5-3-9/h2-6,8H,1H3,(H,17,18)/b10-6-. The molecule has 0 saturated carbocycles. The summed E-state index contributed by atoms with van der Waals surface area (Å²) in [5.74, 6) is -1.07. The van der Waals surface area contributed by atoms with Crippen LogP contribution in [0.5, 0.6) is 0 Å². The number of H-pyrrole nitrogens is 1. The number of rotatable bonds is 3. The number of esters is 1. The first-order chi connectivity index (χ1) is 9.65. The van der Waals surface area contributed by atoms with Crippen LogP contribution in [0.4, 0.5) is 4.39 Å². The summed E-state index contributed by atoms with van der Waals surface area (Å²) in [4.78, 5) is 11.4. The molecule has 0 amide bonds. The number of methoxy groups -OCH3 is 1. The molecule has 0 fully saturated rings. The highest BCUT2D eigenvalue weighted by atomic mass is 19.1. The van der Waals surface area contributed by atoms with Crippen LogP contribution in [-0.4, -0.2) is 23.3 Å². The third kappa shape index (κ3) is 2.72. The van der Waals surface area contributed by atoms with E-state index in [2.05, 4.69) is 14.9 Å². The second-order valence-electron chi connectivity index (χ2n) is 3.87. The van der Waals surface area contributed by atoms with Crippen molar-refractivity contribution < 1.29 is 13.9 Å². The Morgan fingerprint density at radius 1 is 1.45 bits per heavy atom. The van der Waals surface area contributed by atoms with Crippen molar-refractivity contribution in [3.05, 3.63) is 47.4 Å². The lowest BCUT2D eigenvalue weighted by atomic mass is 10.1. The molecular formula is C14H10FN3O2. The van der Waals surface area contributed by atoms with Crippen LogP contribution in [-0.2, 0) is 9.53 Å². The van der Waals surface area contributed by atoms with Gasteiger partial charge in [-0.15, -0.1) is 0 Å². The number of nitriles is 1. The van der Waals surface area contributed by atoms with Gasteiger partial charge in [0, 0.05) is 11.1 Å². The maximum absolute atomic E-state index is 12.9. The van der Waals surface area contributed by atoms with Gasteiger partial charge in [-0.05, 0) is 30.3 Å². The van der Waals surface area contributed by atoms with Gasteiger partial charge in [-0.25, -0.2) is 9.18 Å². The smallest absolute Gasteiger partial charge is 0.348 e. The molecule has 2 rings (SSSR count). The Bertz CT molecular complexity index is 696. The molecule has 0 bridgehead atoms. The summed E-state index contributed by atoms with van der Waals surface area (Å²) >= 11 is 0. The van der Waals surface area contributed by atoms with Gasteiger partial charge in [0.05, 0.1) is 19.0 Å². The number of ether oxygens (including phenoxy) is 1. The molecule has 100 valence electrons. The Morgan fingerprint density at radius 2 is 2.15 bits per heavy atom. The van der Waals surface area contributed by atoms with E-state index in [1.165, 1.54) is 31.5 Å². The number of hydrogen-bond donors (Lipinski definition) is 1. The topological polar surface area (TPSA) is 78.8 Å². The Kier molecular flexibility index (Phi) is 3.91. The van der Waals surface area contributed by atoms with Crippen LogP contribution in [0.15, 0.2) is 36.0 Å². The molecule has 1 aromatic carbocycles. The lowest BCUT2D eigenvalue weighted by Gasteiger charge is -2.00. The predicted octanol–water partition coefficient (Wildman–Crippen LogP) is 2.30. The van der Waals surface area contributed by atoms with E-state index in [4.69, 9.17) is 5.26 Å². The first kappa shape index (κ1) is 13.5. The highest BCUT2D eigenvalue weighted by Crippen LogP contribution is 2.23. The molecule has 0 saturated heterocycles. The van der Waals surface area contributed by atoms with Crippen LogP contribution >= 0.6 is 0 Å². The summed E-state index contributed by atoms with van der Waals surface area (Å²) in [6.45, 7) is 0. The quantitative estimate of drug-likeness (QED) is 0.527. The Morgan fingerprint density at radius 3 is 2.75 bits per heavy atom. The molecule has 5 nitrogen and oxygen atoms in total. The molecule has 0 atom stereocenters. The first-order valence-electron chi connectivity index (χ1n) is 5.65. The number of benzene rings is 1. The van der Waals surface area contributed by atoms with E-state index in [0.717, 1.165) is 0 Å². The second-order valence-corrected chi connectivity index (χ2v) is 3.87. The molecule has 0 aliphatic carbocycles. The highest BCUT2D eigenvalue weighted by Gasteiger charge is 2.12. The van der Waals surface area contributed by atoms with E-state index in [1.54, 1.807) is 18.2 Å². The van der Waals surface area contributed by atoms with E-state index in [0.29, 0.717) is 16.8 Å². The summed E-state index contributed by atoms with van der Waals surface area (Å²) in [7, 11) is 1.20. The minimum absolute atomic E-state index is 0.141. The number of nitrogens with one attached hydrogen (secondary N) is 1. The zero-order chi connectivity index (χ0) is 14.5. The molecule has 1 aromatic heterocycles. The summed E-state index contributed by atoms with van der Waals surface area (Å²) in [5.41, 5.74) is 1.68. The van der Waals surface area contributed by atoms with Crippen molar-refractivity contribution in [1.82, 2.24) is 10.2 Å². The van der Waals surface area contributed by atoms with Crippen molar-refractivity contribution >= 4 is 12.0 Å². The fraction of sp³-hybridized carbons (Fsp3) is 0.0714. The van der Waals surface area contributed by atoms with Crippen molar-refractivity contribution in [1.29, 1.82) is 5.26 Å². The molecule has 6 heteroatoms. The Labute approximate surface area is 114 Å². The highest BCUT2D eigenvalue weighted by molar-refractivity contribution is 5.98. The molecule has 20 heavy (non-hydrogen) atoms. The monoisotopic (exact) mass is 271 g/mol. The third-order valence-corrected chi connectivity index (χ3v) is 2.63. The van der Waals surface area contributed by atoms with Crippen LogP contribution in [0.1, 0.15) is 5.56 Å².